The van der Waals surface area contributed by atoms with E-state index in [0.717, 1.165) is 21.9 Å². The van der Waals surface area contributed by atoms with Crippen LogP contribution in [0.25, 0.3) is 0 Å². The van der Waals surface area contributed by atoms with Gasteiger partial charge in [-0.15, -0.1) is 0 Å². The first-order chi connectivity index (χ1) is 11.2. The SMILES string of the molecule is Cn1nnnc1NCc1ccc(OCc2ccc(Cl)cc2)cc1. The molecule has 0 fully saturated rings. The lowest BCUT2D eigenvalue weighted by Crippen LogP contribution is -2.05. The first kappa shape index (κ1) is 15.3. The average Bonchev–Trinajstić information content (AvgIpc) is 2.98. The summed E-state index contributed by atoms with van der Waals surface area (Å²) in [6.45, 7) is 1.16. The Morgan fingerprint density at radius 3 is 2.39 bits per heavy atom. The molecule has 3 rings (SSSR count). The van der Waals surface area contributed by atoms with Gasteiger partial charge in [0.2, 0.25) is 5.95 Å². The Kier molecular flexibility index (Phi) is 4.73. The molecule has 23 heavy (non-hydrogen) atoms. The third-order valence-electron chi connectivity index (χ3n) is 3.31. The molecule has 0 aliphatic heterocycles. The molecule has 1 heterocycles. The lowest BCUT2D eigenvalue weighted by atomic mass is 10.2. The monoisotopic (exact) mass is 329 g/mol. The molecule has 0 unspecified atom stereocenters. The molecular weight excluding hydrogens is 314 g/mol. The van der Waals surface area contributed by atoms with E-state index in [0.29, 0.717) is 19.1 Å². The van der Waals surface area contributed by atoms with Crippen molar-refractivity contribution in [1.29, 1.82) is 0 Å². The number of ether oxygens (including phenoxy) is 1. The van der Waals surface area contributed by atoms with Crippen LogP contribution in [-0.2, 0) is 20.2 Å². The van der Waals surface area contributed by atoms with E-state index in [1.165, 1.54) is 0 Å². The summed E-state index contributed by atoms with van der Waals surface area (Å²) < 4.78 is 7.34. The van der Waals surface area contributed by atoms with Crippen molar-refractivity contribution < 1.29 is 4.74 Å². The molecule has 1 N–H and O–H groups in total. The van der Waals surface area contributed by atoms with Crippen molar-refractivity contribution in [2.75, 3.05) is 5.32 Å². The molecule has 6 nitrogen and oxygen atoms in total. The van der Waals surface area contributed by atoms with Crippen LogP contribution in [-0.4, -0.2) is 20.2 Å². The maximum absolute atomic E-state index is 5.86. The Bertz CT molecular complexity index is 755. The van der Waals surface area contributed by atoms with Gasteiger partial charge < -0.3 is 10.1 Å². The van der Waals surface area contributed by atoms with Gasteiger partial charge in [0.05, 0.1) is 0 Å². The highest BCUT2D eigenvalue weighted by Crippen LogP contribution is 2.16. The van der Waals surface area contributed by atoms with Gasteiger partial charge in [-0.05, 0) is 45.8 Å². The quantitative estimate of drug-likeness (QED) is 0.753. The second kappa shape index (κ2) is 7.11. The van der Waals surface area contributed by atoms with Crippen LogP contribution in [0.4, 0.5) is 5.95 Å². The summed E-state index contributed by atoms with van der Waals surface area (Å²) in [5.41, 5.74) is 2.20. The molecule has 0 spiro atoms. The summed E-state index contributed by atoms with van der Waals surface area (Å²) in [6, 6.07) is 15.5. The number of nitrogens with zero attached hydrogens (tertiary/aromatic N) is 4. The van der Waals surface area contributed by atoms with Crippen LogP contribution < -0.4 is 10.1 Å². The van der Waals surface area contributed by atoms with Crippen molar-refractivity contribution in [1.82, 2.24) is 20.2 Å². The molecule has 0 amide bonds. The molecule has 0 saturated heterocycles. The van der Waals surface area contributed by atoms with Gasteiger partial charge in [-0.1, -0.05) is 41.0 Å². The highest BCUT2D eigenvalue weighted by molar-refractivity contribution is 6.30. The predicted molar refractivity (Wildman–Crippen MR) is 88.4 cm³/mol. The van der Waals surface area contributed by atoms with Gasteiger partial charge >= 0.3 is 0 Å². The Morgan fingerprint density at radius 1 is 1.04 bits per heavy atom. The molecular formula is C16H16ClN5O. The van der Waals surface area contributed by atoms with Gasteiger partial charge in [0.1, 0.15) is 12.4 Å². The van der Waals surface area contributed by atoms with Crippen molar-refractivity contribution in [3.05, 3.63) is 64.7 Å². The van der Waals surface area contributed by atoms with Crippen LogP contribution >= 0.6 is 11.6 Å². The number of benzene rings is 2. The molecule has 0 aliphatic carbocycles. The van der Waals surface area contributed by atoms with Crippen molar-refractivity contribution in [3.8, 4) is 5.75 Å². The summed E-state index contributed by atoms with van der Waals surface area (Å²) in [7, 11) is 1.79. The maximum Gasteiger partial charge on any atom is 0.242 e. The third kappa shape index (κ3) is 4.20. The third-order valence-corrected chi connectivity index (χ3v) is 3.56. The topological polar surface area (TPSA) is 64.9 Å². The van der Waals surface area contributed by atoms with Crippen LogP contribution in [0.2, 0.25) is 5.02 Å². The number of hydrogen-bond donors (Lipinski definition) is 1. The summed E-state index contributed by atoms with van der Waals surface area (Å²) in [6.07, 6.45) is 0. The van der Waals surface area contributed by atoms with E-state index in [1.807, 2.05) is 48.5 Å². The molecule has 7 heteroatoms. The van der Waals surface area contributed by atoms with Gasteiger partial charge in [0.15, 0.2) is 0 Å². The van der Waals surface area contributed by atoms with E-state index in [4.69, 9.17) is 16.3 Å². The Hall–Kier alpha value is -2.60. The van der Waals surface area contributed by atoms with Crippen molar-refractivity contribution in [3.63, 3.8) is 0 Å². The first-order valence-electron chi connectivity index (χ1n) is 7.13. The number of rotatable bonds is 6. The lowest BCUT2D eigenvalue weighted by molar-refractivity contribution is 0.306. The second-order valence-corrected chi connectivity index (χ2v) is 5.48. The molecule has 1 aromatic heterocycles. The largest absolute Gasteiger partial charge is 0.489 e. The molecule has 2 aromatic carbocycles. The molecule has 0 saturated carbocycles. The summed E-state index contributed by atoms with van der Waals surface area (Å²) in [4.78, 5) is 0. The smallest absolute Gasteiger partial charge is 0.242 e. The molecule has 0 radical (unpaired) electrons. The Morgan fingerprint density at radius 2 is 1.74 bits per heavy atom. The van der Waals surface area contributed by atoms with Crippen molar-refractivity contribution in [2.24, 2.45) is 7.05 Å². The molecule has 0 bridgehead atoms. The zero-order valence-electron chi connectivity index (χ0n) is 12.6. The predicted octanol–water partition coefficient (Wildman–Crippen LogP) is 3.05. The van der Waals surface area contributed by atoms with Gasteiger partial charge in [-0.25, -0.2) is 4.68 Å². The van der Waals surface area contributed by atoms with Crippen LogP contribution in [0.1, 0.15) is 11.1 Å². The molecule has 118 valence electrons. The van der Waals surface area contributed by atoms with Gasteiger partial charge in [-0.3, -0.25) is 0 Å². The Labute approximate surface area is 139 Å². The minimum Gasteiger partial charge on any atom is -0.489 e. The lowest BCUT2D eigenvalue weighted by Gasteiger charge is -2.08. The van der Waals surface area contributed by atoms with Crippen molar-refractivity contribution >= 4 is 17.5 Å². The molecule has 3 aromatic rings. The van der Waals surface area contributed by atoms with E-state index in [9.17, 15) is 0 Å². The molecule has 0 atom stereocenters. The van der Waals surface area contributed by atoms with Crippen molar-refractivity contribution in [2.45, 2.75) is 13.2 Å². The van der Waals surface area contributed by atoms with Gasteiger partial charge in [-0.2, -0.15) is 0 Å². The maximum atomic E-state index is 5.86. The summed E-state index contributed by atoms with van der Waals surface area (Å²) >= 11 is 5.86. The van der Waals surface area contributed by atoms with Crippen LogP contribution in [0, 0.1) is 0 Å². The highest BCUT2D eigenvalue weighted by atomic mass is 35.5. The normalized spacial score (nSPS) is 10.5. The van der Waals surface area contributed by atoms with E-state index >= 15 is 0 Å². The van der Waals surface area contributed by atoms with Crippen LogP contribution in [0.5, 0.6) is 5.75 Å². The highest BCUT2D eigenvalue weighted by Gasteiger charge is 2.02. The number of nitrogens with one attached hydrogen (secondary N) is 1. The van der Waals surface area contributed by atoms with E-state index < -0.39 is 0 Å². The first-order valence-corrected chi connectivity index (χ1v) is 7.51. The number of aryl methyl sites for hydroxylation is 1. The zero-order chi connectivity index (χ0) is 16.1. The van der Waals surface area contributed by atoms with E-state index in [-0.39, 0.29) is 0 Å². The zero-order valence-corrected chi connectivity index (χ0v) is 13.4. The van der Waals surface area contributed by atoms with Gasteiger partial charge in [0, 0.05) is 18.6 Å². The molecule has 0 aliphatic rings. The number of tetrazole rings is 1. The fraction of sp³-hybridized carbons (Fsp3) is 0.188. The van der Waals surface area contributed by atoms with E-state index in [1.54, 1.807) is 11.7 Å². The van der Waals surface area contributed by atoms with Gasteiger partial charge in [0.25, 0.3) is 0 Å². The fourth-order valence-electron chi connectivity index (χ4n) is 2.01. The minimum atomic E-state index is 0.513. The number of anilines is 1. The van der Waals surface area contributed by atoms with Crippen LogP contribution in [0.3, 0.4) is 0 Å². The number of halogens is 1. The van der Waals surface area contributed by atoms with E-state index in [2.05, 4.69) is 20.8 Å². The summed E-state index contributed by atoms with van der Waals surface area (Å²) in [5.74, 6) is 1.46. The average molecular weight is 330 g/mol. The second-order valence-electron chi connectivity index (χ2n) is 5.04. The fourth-order valence-corrected chi connectivity index (χ4v) is 2.14. The standard InChI is InChI=1S/C16H16ClN5O/c1-22-16(19-20-21-22)18-10-12-4-8-15(9-5-12)23-11-13-2-6-14(17)7-3-13/h2-9H,10-11H2,1H3,(H,18,19,21). The number of aromatic nitrogens is 4. The van der Waals surface area contributed by atoms with Crippen LogP contribution in [0.15, 0.2) is 48.5 Å². The minimum absolute atomic E-state index is 0.513. The Balaban J connectivity index is 1.52. The number of hydrogen-bond acceptors (Lipinski definition) is 5. The summed E-state index contributed by atoms with van der Waals surface area (Å²) in [5, 5.41) is 15.1.